The summed E-state index contributed by atoms with van der Waals surface area (Å²) >= 11 is 3.51. The highest BCUT2D eigenvalue weighted by Gasteiger charge is 2.25. The third-order valence-corrected chi connectivity index (χ3v) is 6.31. The van der Waals surface area contributed by atoms with E-state index in [2.05, 4.69) is 52.5 Å². The molecule has 0 aromatic heterocycles. The number of carbonyl (C=O) groups is 2. The van der Waals surface area contributed by atoms with Crippen LogP contribution in [0.3, 0.4) is 0 Å². The van der Waals surface area contributed by atoms with Crippen molar-refractivity contribution in [1.29, 1.82) is 0 Å². The Labute approximate surface area is 229 Å². The van der Waals surface area contributed by atoms with E-state index in [1.807, 2.05) is 42.3 Å². The molecule has 35 heavy (non-hydrogen) atoms. The third kappa shape index (κ3) is 8.74. The summed E-state index contributed by atoms with van der Waals surface area (Å²) in [5, 5.41) is 10.1. The Balaban J connectivity index is 0.00000306. The second-order valence-corrected chi connectivity index (χ2v) is 9.61. The van der Waals surface area contributed by atoms with Gasteiger partial charge >= 0.3 is 0 Å². The number of benzene rings is 2. The summed E-state index contributed by atoms with van der Waals surface area (Å²) in [6.45, 7) is 9.03. The van der Waals surface area contributed by atoms with Gasteiger partial charge in [-0.15, -0.1) is 24.8 Å². The number of rotatable bonds is 10. The maximum atomic E-state index is 13.1. The SMILES string of the molecule is Cc1ccc(Br)cc1N(CCNC(C)C)C(=O)CNCC(=O)N(C)N1Cc2ccccc2C1.Cl.Cl. The molecular weight excluding hydrogens is 553 g/mol. The van der Waals surface area contributed by atoms with Crippen molar-refractivity contribution in [3.05, 3.63) is 63.6 Å². The van der Waals surface area contributed by atoms with Gasteiger partial charge in [0.2, 0.25) is 5.91 Å². The van der Waals surface area contributed by atoms with Crippen LogP contribution in [0.4, 0.5) is 5.69 Å². The maximum absolute atomic E-state index is 13.1. The number of carbonyl (C=O) groups excluding carboxylic acids is 2. The van der Waals surface area contributed by atoms with Gasteiger partial charge in [-0.3, -0.25) is 19.9 Å². The topological polar surface area (TPSA) is 67.9 Å². The van der Waals surface area contributed by atoms with Gasteiger partial charge in [0.1, 0.15) is 0 Å². The van der Waals surface area contributed by atoms with Gasteiger partial charge in [0.05, 0.1) is 13.1 Å². The number of hydrogen-bond acceptors (Lipinski definition) is 5. The number of halogens is 3. The summed E-state index contributed by atoms with van der Waals surface area (Å²) in [6, 6.07) is 14.5. The largest absolute Gasteiger partial charge is 0.313 e. The Kier molecular flexibility index (Phi) is 13.2. The lowest BCUT2D eigenvalue weighted by atomic mass is 10.1. The fourth-order valence-electron chi connectivity index (χ4n) is 3.89. The lowest BCUT2D eigenvalue weighted by Gasteiger charge is -2.28. The average molecular weight is 589 g/mol. The van der Waals surface area contributed by atoms with E-state index >= 15 is 0 Å². The molecule has 2 amide bonds. The minimum absolute atomic E-state index is 0. The zero-order valence-electron chi connectivity index (χ0n) is 20.7. The first kappa shape index (κ1) is 31.4. The summed E-state index contributed by atoms with van der Waals surface area (Å²) in [4.78, 5) is 27.6. The van der Waals surface area contributed by atoms with E-state index < -0.39 is 0 Å². The molecule has 0 fully saturated rings. The number of likely N-dealkylation sites (N-methyl/N-ethyl adjacent to an activating group) is 1. The Hall–Kier alpha value is -1.68. The van der Waals surface area contributed by atoms with Gasteiger partial charge in [-0.25, -0.2) is 5.01 Å². The molecule has 1 heterocycles. The Bertz CT molecular complexity index is 967. The maximum Gasteiger partial charge on any atom is 0.250 e. The smallest absolute Gasteiger partial charge is 0.250 e. The second kappa shape index (κ2) is 14.8. The summed E-state index contributed by atoms with van der Waals surface area (Å²) < 4.78 is 0.925. The number of amides is 2. The van der Waals surface area contributed by atoms with Crippen molar-refractivity contribution in [2.24, 2.45) is 0 Å². The normalized spacial score (nSPS) is 12.5. The number of fused-ring (bicyclic) bond motifs is 1. The van der Waals surface area contributed by atoms with Gasteiger partial charge in [0.25, 0.3) is 5.91 Å². The standard InChI is InChI=1S/C25H34BrN5O2.2ClH/c1-18(2)28-11-12-31(23-13-22(26)10-9-19(23)3)25(33)15-27-14-24(32)29(4)30-16-20-7-5-6-8-21(20)17-30;;/h5-10,13,18,27-28H,11-12,14-17H2,1-4H3;2*1H. The molecule has 2 N–H and O–H groups in total. The van der Waals surface area contributed by atoms with E-state index in [9.17, 15) is 9.59 Å². The molecule has 0 atom stereocenters. The molecule has 194 valence electrons. The van der Waals surface area contributed by atoms with E-state index in [-0.39, 0.29) is 49.7 Å². The zero-order chi connectivity index (χ0) is 24.0. The van der Waals surface area contributed by atoms with Crippen LogP contribution in [0.2, 0.25) is 0 Å². The van der Waals surface area contributed by atoms with Crippen molar-refractivity contribution in [3.8, 4) is 0 Å². The first-order valence-corrected chi connectivity index (χ1v) is 12.1. The minimum atomic E-state index is -0.0673. The molecule has 0 saturated carbocycles. The van der Waals surface area contributed by atoms with Gasteiger partial charge in [-0.2, -0.15) is 0 Å². The zero-order valence-corrected chi connectivity index (χ0v) is 23.9. The molecule has 0 unspecified atom stereocenters. The lowest BCUT2D eigenvalue weighted by Crippen LogP contribution is -2.47. The first-order valence-electron chi connectivity index (χ1n) is 11.3. The van der Waals surface area contributed by atoms with E-state index in [0.717, 1.165) is 28.8 Å². The number of nitrogens with zero attached hydrogens (tertiary/aromatic N) is 3. The van der Waals surface area contributed by atoms with Gasteiger partial charge < -0.3 is 10.2 Å². The predicted molar refractivity (Wildman–Crippen MR) is 150 cm³/mol. The van der Waals surface area contributed by atoms with Crippen molar-refractivity contribution >= 4 is 58.2 Å². The van der Waals surface area contributed by atoms with Crippen molar-refractivity contribution in [3.63, 3.8) is 0 Å². The van der Waals surface area contributed by atoms with Gasteiger partial charge in [-0.05, 0) is 35.7 Å². The van der Waals surface area contributed by atoms with Crippen molar-refractivity contribution in [2.75, 3.05) is 38.1 Å². The molecule has 0 bridgehead atoms. The molecule has 0 saturated heterocycles. The Morgan fingerprint density at radius 3 is 2.23 bits per heavy atom. The van der Waals surface area contributed by atoms with E-state index in [1.165, 1.54) is 11.1 Å². The van der Waals surface area contributed by atoms with Crippen molar-refractivity contribution in [1.82, 2.24) is 20.7 Å². The van der Waals surface area contributed by atoms with Crippen molar-refractivity contribution in [2.45, 2.75) is 39.9 Å². The van der Waals surface area contributed by atoms with Crippen LogP contribution in [0.1, 0.15) is 30.5 Å². The average Bonchev–Trinajstić information content (AvgIpc) is 3.22. The summed E-state index contributed by atoms with van der Waals surface area (Å²) in [5.74, 6) is -0.131. The van der Waals surface area contributed by atoms with Crippen LogP contribution < -0.4 is 15.5 Å². The minimum Gasteiger partial charge on any atom is -0.313 e. The summed E-state index contributed by atoms with van der Waals surface area (Å²) in [7, 11) is 1.78. The molecule has 0 radical (unpaired) electrons. The van der Waals surface area contributed by atoms with Gasteiger partial charge in [0, 0.05) is 49.4 Å². The fraction of sp³-hybridized carbons (Fsp3) is 0.440. The fourth-order valence-corrected chi connectivity index (χ4v) is 4.24. The predicted octanol–water partition coefficient (Wildman–Crippen LogP) is 3.91. The molecular formula is C25H36BrCl2N5O2. The number of nitrogens with one attached hydrogen (secondary N) is 2. The molecule has 0 spiro atoms. The quantitative estimate of drug-likeness (QED) is 0.440. The van der Waals surface area contributed by atoms with Crippen molar-refractivity contribution < 1.29 is 9.59 Å². The monoisotopic (exact) mass is 587 g/mol. The van der Waals surface area contributed by atoms with Crippen LogP contribution in [-0.4, -0.2) is 61.1 Å². The number of hydrogen-bond donors (Lipinski definition) is 2. The van der Waals surface area contributed by atoms with E-state index in [1.54, 1.807) is 17.0 Å². The number of hydrazine groups is 1. The second-order valence-electron chi connectivity index (χ2n) is 8.70. The molecule has 2 aromatic carbocycles. The highest BCUT2D eigenvalue weighted by Crippen LogP contribution is 2.25. The van der Waals surface area contributed by atoms with Crippen LogP contribution >= 0.6 is 40.7 Å². The van der Waals surface area contributed by atoms with Crippen LogP contribution in [0.15, 0.2) is 46.9 Å². The Morgan fingerprint density at radius 1 is 1.03 bits per heavy atom. The van der Waals surface area contributed by atoms with E-state index in [4.69, 9.17) is 0 Å². The molecule has 1 aliphatic heterocycles. The number of anilines is 1. The molecule has 3 rings (SSSR count). The lowest BCUT2D eigenvalue weighted by molar-refractivity contribution is -0.145. The van der Waals surface area contributed by atoms with Crippen LogP contribution in [0, 0.1) is 6.92 Å². The Morgan fingerprint density at radius 2 is 1.63 bits per heavy atom. The third-order valence-electron chi connectivity index (χ3n) is 5.81. The van der Waals surface area contributed by atoms with E-state index in [0.29, 0.717) is 19.1 Å². The molecule has 2 aromatic rings. The highest BCUT2D eigenvalue weighted by atomic mass is 79.9. The molecule has 7 nitrogen and oxygen atoms in total. The number of aryl methyl sites for hydroxylation is 1. The van der Waals surface area contributed by atoms with Gasteiger partial charge in [0.15, 0.2) is 0 Å². The van der Waals surface area contributed by atoms with Crippen LogP contribution in [-0.2, 0) is 22.7 Å². The molecule has 0 aliphatic carbocycles. The summed E-state index contributed by atoms with van der Waals surface area (Å²) in [6.07, 6.45) is 0. The van der Waals surface area contributed by atoms with Crippen LogP contribution in [0.25, 0.3) is 0 Å². The summed E-state index contributed by atoms with van der Waals surface area (Å²) in [5.41, 5.74) is 4.39. The van der Waals surface area contributed by atoms with Crippen LogP contribution in [0.5, 0.6) is 0 Å². The van der Waals surface area contributed by atoms with Gasteiger partial charge in [-0.1, -0.05) is 60.1 Å². The molecule has 1 aliphatic rings. The first-order chi connectivity index (χ1) is 15.8. The highest BCUT2D eigenvalue weighted by molar-refractivity contribution is 9.10. The molecule has 10 heteroatoms.